The van der Waals surface area contributed by atoms with Crippen LogP contribution in [0.2, 0.25) is 0 Å². The van der Waals surface area contributed by atoms with Crippen LogP contribution in [0.4, 0.5) is 14.5 Å². The first kappa shape index (κ1) is 11.2. The molecule has 0 saturated carbocycles. The molecule has 1 nitrogen and oxygen atoms in total. The first-order valence-corrected chi connectivity index (χ1v) is 5.97. The third-order valence-corrected chi connectivity index (χ3v) is 3.25. The molecule has 18 heavy (non-hydrogen) atoms. The van der Waals surface area contributed by atoms with Crippen molar-refractivity contribution in [2.24, 2.45) is 0 Å². The Hall–Kier alpha value is -1.90. The molecule has 0 bridgehead atoms. The van der Waals surface area contributed by atoms with Crippen LogP contribution in [-0.2, 0) is 6.42 Å². The number of nitrogens with one attached hydrogen (secondary N) is 1. The Balaban J connectivity index is 1.89. The molecular weight excluding hydrogens is 232 g/mol. The lowest BCUT2D eigenvalue weighted by Gasteiger charge is -2.08. The zero-order valence-electron chi connectivity index (χ0n) is 9.79. The van der Waals surface area contributed by atoms with Gasteiger partial charge in [0.25, 0.3) is 6.43 Å². The second kappa shape index (κ2) is 4.41. The highest BCUT2D eigenvalue weighted by atomic mass is 19.3. The van der Waals surface area contributed by atoms with Crippen molar-refractivity contribution in [3.05, 3.63) is 53.6 Å². The minimum atomic E-state index is -2.32. The van der Waals surface area contributed by atoms with Crippen molar-refractivity contribution in [2.45, 2.75) is 12.8 Å². The van der Waals surface area contributed by atoms with Gasteiger partial charge in [-0.2, -0.15) is 0 Å². The van der Waals surface area contributed by atoms with Crippen LogP contribution < -0.4 is 5.32 Å². The number of hydrogen-bond donors (Lipinski definition) is 1. The largest absolute Gasteiger partial charge is 0.379 e. The lowest BCUT2D eigenvalue weighted by molar-refractivity contribution is 0.163. The average molecular weight is 245 g/mol. The summed E-state index contributed by atoms with van der Waals surface area (Å²) in [7, 11) is 0. The molecule has 2 aromatic carbocycles. The van der Waals surface area contributed by atoms with Crippen LogP contribution in [0.3, 0.4) is 0 Å². The number of rotatable bonds is 3. The van der Waals surface area contributed by atoms with Crippen molar-refractivity contribution < 1.29 is 8.78 Å². The highest BCUT2D eigenvalue weighted by Gasteiger charge is 2.17. The van der Waals surface area contributed by atoms with E-state index in [1.807, 2.05) is 30.3 Å². The predicted molar refractivity (Wildman–Crippen MR) is 69.2 cm³/mol. The maximum atomic E-state index is 12.1. The molecule has 3 heteroatoms. The van der Waals surface area contributed by atoms with E-state index in [-0.39, 0.29) is 6.54 Å². The summed E-state index contributed by atoms with van der Waals surface area (Å²) in [6.07, 6.45) is -1.44. The molecule has 0 aliphatic heterocycles. The molecule has 0 aromatic heterocycles. The summed E-state index contributed by atoms with van der Waals surface area (Å²) < 4.78 is 24.3. The number of anilines is 1. The lowest BCUT2D eigenvalue weighted by Crippen LogP contribution is -2.10. The highest BCUT2D eigenvalue weighted by molar-refractivity contribution is 5.78. The summed E-state index contributed by atoms with van der Waals surface area (Å²) in [5, 5.41) is 2.75. The smallest absolute Gasteiger partial charge is 0.255 e. The number of alkyl halides is 2. The summed E-state index contributed by atoms with van der Waals surface area (Å²) in [5.41, 5.74) is 5.75. The van der Waals surface area contributed by atoms with Crippen molar-refractivity contribution in [2.75, 3.05) is 11.9 Å². The average Bonchev–Trinajstić information content (AvgIpc) is 2.73. The van der Waals surface area contributed by atoms with Gasteiger partial charge in [-0.05, 0) is 40.8 Å². The van der Waals surface area contributed by atoms with Gasteiger partial charge in [-0.15, -0.1) is 0 Å². The molecule has 1 N–H and O–H groups in total. The second-order valence-electron chi connectivity index (χ2n) is 4.48. The van der Waals surface area contributed by atoms with Gasteiger partial charge in [0, 0.05) is 5.69 Å². The molecule has 1 aliphatic carbocycles. The van der Waals surface area contributed by atoms with E-state index in [2.05, 4.69) is 17.4 Å². The van der Waals surface area contributed by atoms with Crippen molar-refractivity contribution in [1.29, 1.82) is 0 Å². The van der Waals surface area contributed by atoms with Crippen LogP contribution in [0, 0.1) is 0 Å². The number of benzene rings is 2. The van der Waals surface area contributed by atoms with Crippen molar-refractivity contribution in [3.63, 3.8) is 0 Å². The Kier molecular flexibility index (Phi) is 2.74. The summed E-state index contributed by atoms with van der Waals surface area (Å²) in [4.78, 5) is 0. The SMILES string of the molecule is FC(F)CNc1ccc2c(c1)Cc1ccccc1-2. The van der Waals surface area contributed by atoms with Gasteiger partial charge in [0.05, 0.1) is 6.54 Å². The Morgan fingerprint density at radius 1 is 1.00 bits per heavy atom. The van der Waals surface area contributed by atoms with Crippen LogP contribution in [0.15, 0.2) is 42.5 Å². The first-order chi connectivity index (χ1) is 8.74. The molecular formula is C15H13F2N. The van der Waals surface area contributed by atoms with Crippen LogP contribution in [-0.4, -0.2) is 13.0 Å². The fourth-order valence-corrected chi connectivity index (χ4v) is 2.45. The maximum absolute atomic E-state index is 12.1. The topological polar surface area (TPSA) is 12.0 Å². The Bertz CT molecular complexity index is 578. The summed E-state index contributed by atoms with van der Waals surface area (Å²) in [6.45, 7) is -0.300. The van der Waals surface area contributed by atoms with E-state index in [9.17, 15) is 8.78 Å². The van der Waals surface area contributed by atoms with E-state index < -0.39 is 6.43 Å². The molecule has 0 heterocycles. The molecule has 92 valence electrons. The Morgan fingerprint density at radius 3 is 2.61 bits per heavy atom. The van der Waals surface area contributed by atoms with E-state index in [4.69, 9.17) is 0 Å². The third kappa shape index (κ3) is 1.96. The first-order valence-electron chi connectivity index (χ1n) is 5.97. The van der Waals surface area contributed by atoms with Crippen molar-refractivity contribution in [1.82, 2.24) is 0 Å². The molecule has 1 aliphatic rings. The van der Waals surface area contributed by atoms with Crippen LogP contribution in [0.5, 0.6) is 0 Å². The monoisotopic (exact) mass is 245 g/mol. The molecule has 0 radical (unpaired) electrons. The normalized spacial score (nSPS) is 12.4. The Morgan fingerprint density at radius 2 is 1.78 bits per heavy atom. The van der Waals surface area contributed by atoms with Gasteiger partial charge in [-0.25, -0.2) is 8.78 Å². The van der Waals surface area contributed by atoms with Gasteiger partial charge in [0.2, 0.25) is 0 Å². The van der Waals surface area contributed by atoms with E-state index in [0.717, 1.165) is 12.1 Å². The molecule has 3 rings (SSSR count). The fourth-order valence-electron chi connectivity index (χ4n) is 2.45. The minimum absolute atomic E-state index is 0.300. The zero-order chi connectivity index (χ0) is 12.5. The second-order valence-corrected chi connectivity index (χ2v) is 4.48. The number of hydrogen-bond acceptors (Lipinski definition) is 1. The molecule has 0 unspecified atom stereocenters. The van der Waals surface area contributed by atoms with Gasteiger partial charge < -0.3 is 5.32 Å². The Labute approximate surface area is 104 Å². The van der Waals surface area contributed by atoms with E-state index in [0.29, 0.717) is 0 Å². The van der Waals surface area contributed by atoms with E-state index in [1.165, 1.54) is 22.3 Å². The third-order valence-electron chi connectivity index (χ3n) is 3.25. The molecule has 0 fully saturated rings. The van der Waals surface area contributed by atoms with Crippen LogP contribution >= 0.6 is 0 Å². The van der Waals surface area contributed by atoms with Crippen LogP contribution in [0.1, 0.15) is 11.1 Å². The predicted octanol–water partition coefficient (Wildman–Crippen LogP) is 3.93. The van der Waals surface area contributed by atoms with Gasteiger partial charge in [0.1, 0.15) is 0 Å². The number of fused-ring (bicyclic) bond motifs is 3. The molecule has 0 spiro atoms. The molecule has 0 amide bonds. The lowest BCUT2D eigenvalue weighted by atomic mass is 10.1. The fraction of sp³-hybridized carbons (Fsp3) is 0.200. The van der Waals surface area contributed by atoms with Gasteiger partial charge in [-0.3, -0.25) is 0 Å². The van der Waals surface area contributed by atoms with Crippen molar-refractivity contribution in [3.8, 4) is 11.1 Å². The van der Waals surface area contributed by atoms with Gasteiger partial charge in [0.15, 0.2) is 0 Å². The quantitative estimate of drug-likeness (QED) is 0.737. The molecule has 2 aromatic rings. The standard InChI is InChI=1S/C15H13F2N/c16-15(17)9-18-12-5-6-14-11(8-12)7-10-3-1-2-4-13(10)14/h1-6,8,15,18H,7,9H2. The maximum Gasteiger partial charge on any atom is 0.255 e. The van der Waals surface area contributed by atoms with Crippen molar-refractivity contribution >= 4 is 5.69 Å². The summed E-state index contributed by atoms with van der Waals surface area (Å²) >= 11 is 0. The van der Waals surface area contributed by atoms with E-state index >= 15 is 0 Å². The molecule has 0 saturated heterocycles. The van der Waals surface area contributed by atoms with Gasteiger partial charge >= 0.3 is 0 Å². The van der Waals surface area contributed by atoms with E-state index in [1.54, 1.807) is 0 Å². The highest BCUT2D eigenvalue weighted by Crippen LogP contribution is 2.37. The molecule has 0 atom stereocenters. The minimum Gasteiger partial charge on any atom is -0.379 e. The van der Waals surface area contributed by atoms with Crippen LogP contribution in [0.25, 0.3) is 11.1 Å². The summed E-state index contributed by atoms with van der Waals surface area (Å²) in [5.74, 6) is 0. The van der Waals surface area contributed by atoms with Gasteiger partial charge in [-0.1, -0.05) is 30.3 Å². The zero-order valence-corrected chi connectivity index (χ0v) is 9.79. The number of halogens is 2. The summed E-state index contributed by atoms with van der Waals surface area (Å²) in [6, 6.07) is 14.1.